The molecule has 2 aromatic rings. The first-order valence-corrected chi connectivity index (χ1v) is 6.93. The Kier molecular flexibility index (Phi) is 4.40. The fourth-order valence-electron chi connectivity index (χ4n) is 1.62. The van der Waals surface area contributed by atoms with Crippen molar-refractivity contribution in [2.45, 2.75) is 13.0 Å². The molecule has 0 aliphatic heterocycles. The molecule has 1 heterocycles. The second kappa shape index (κ2) is 5.83. The minimum Gasteiger partial charge on any atom is -0.305 e. The number of thiazole rings is 1. The lowest BCUT2D eigenvalue weighted by molar-refractivity contribution is 0.627. The molecule has 5 heteroatoms. The summed E-state index contributed by atoms with van der Waals surface area (Å²) in [4.78, 5) is 4.34. The lowest BCUT2D eigenvalue weighted by Crippen LogP contribution is -2.21. The van der Waals surface area contributed by atoms with Crippen molar-refractivity contribution >= 4 is 34.5 Å². The van der Waals surface area contributed by atoms with Gasteiger partial charge < -0.3 is 5.32 Å². The van der Waals surface area contributed by atoms with Gasteiger partial charge in [-0.15, -0.1) is 11.3 Å². The van der Waals surface area contributed by atoms with Crippen molar-refractivity contribution < 1.29 is 0 Å². The zero-order valence-electron chi connectivity index (χ0n) is 9.28. The Hall–Kier alpha value is -0.610. The van der Waals surface area contributed by atoms with Gasteiger partial charge in [0.15, 0.2) is 0 Å². The van der Waals surface area contributed by atoms with Crippen LogP contribution in [0, 0.1) is 0 Å². The van der Waals surface area contributed by atoms with E-state index in [4.69, 9.17) is 23.2 Å². The molecule has 2 nitrogen and oxygen atoms in total. The van der Waals surface area contributed by atoms with Crippen LogP contribution in [0.1, 0.15) is 23.5 Å². The van der Waals surface area contributed by atoms with Crippen molar-refractivity contribution in [3.05, 3.63) is 50.4 Å². The van der Waals surface area contributed by atoms with Crippen molar-refractivity contribution in [2.75, 3.05) is 6.54 Å². The van der Waals surface area contributed by atoms with Crippen LogP contribution >= 0.6 is 34.5 Å². The van der Waals surface area contributed by atoms with Crippen LogP contribution in [0.15, 0.2) is 29.8 Å². The number of halogens is 2. The molecule has 0 radical (unpaired) electrons. The monoisotopic (exact) mass is 286 g/mol. The van der Waals surface area contributed by atoms with E-state index in [9.17, 15) is 0 Å². The van der Waals surface area contributed by atoms with Gasteiger partial charge in [0.2, 0.25) is 0 Å². The van der Waals surface area contributed by atoms with Crippen molar-refractivity contribution in [3.8, 4) is 0 Å². The van der Waals surface area contributed by atoms with E-state index in [0.717, 1.165) is 17.1 Å². The van der Waals surface area contributed by atoms with E-state index in [1.54, 1.807) is 11.3 Å². The molecule has 17 heavy (non-hydrogen) atoms. The van der Waals surface area contributed by atoms with E-state index in [-0.39, 0.29) is 6.04 Å². The molecule has 2 rings (SSSR count). The van der Waals surface area contributed by atoms with Gasteiger partial charge in [-0.2, -0.15) is 0 Å². The first-order chi connectivity index (χ1) is 8.22. The van der Waals surface area contributed by atoms with Crippen molar-refractivity contribution in [2.24, 2.45) is 0 Å². The molecule has 0 saturated heterocycles. The first kappa shape index (κ1) is 12.8. The second-order valence-corrected chi connectivity index (χ2v) is 5.28. The Balaban J connectivity index is 2.35. The average Bonchev–Trinajstić information content (AvgIpc) is 2.83. The summed E-state index contributed by atoms with van der Waals surface area (Å²) >= 11 is 13.6. The van der Waals surface area contributed by atoms with Crippen molar-refractivity contribution in [3.63, 3.8) is 0 Å². The van der Waals surface area contributed by atoms with E-state index in [2.05, 4.69) is 17.2 Å². The molecule has 0 amide bonds. The summed E-state index contributed by atoms with van der Waals surface area (Å²) in [5, 5.41) is 7.54. The van der Waals surface area contributed by atoms with Crippen LogP contribution in [-0.2, 0) is 0 Å². The number of aromatic nitrogens is 1. The molecule has 0 spiro atoms. The van der Waals surface area contributed by atoms with E-state index in [0.29, 0.717) is 10.0 Å². The topological polar surface area (TPSA) is 24.9 Å². The lowest BCUT2D eigenvalue weighted by atomic mass is 10.1. The maximum atomic E-state index is 6.04. The minimum atomic E-state index is 0.0785. The molecule has 1 N–H and O–H groups in total. The third kappa shape index (κ3) is 2.99. The molecule has 0 aliphatic carbocycles. The molecule has 1 aromatic heterocycles. The first-order valence-electron chi connectivity index (χ1n) is 5.30. The quantitative estimate of drug-likeness (QED) is 0.913. The van der Waals surface area contributed by atoms with E-state index in [1.807, 2.05) is 29.8 Å². The molecular formula is C12H12Cl2N2S. The van der Waals surface area contributed by atoms with Crippen LogP contribution in [-0.4, -0.2) is 11.5 Å². The summed E-state index contributed by atoms with van der Waals surface area (Å²) in [5.74, 6) is 0. The molecule has 1 atom stereocenters. The third-order valence-corrected chi connectivity index (χ3v) is 3.96. The van der Waals surface area contributed by atoms with Gasteiger partial charge in [0, 0.05) is 11.6 Å². The summed E-state index contributed by atoms with van der Waals surface area (Å²) in [7, 11) is 0. The van der Waals surface area contributed by atoms with E-state index >= 15 is 0 Å². The van der Waals surface area contributed by atoms with Crippen LogP contribution in [0.25, 0.3) is 0 Å². The number of nitrogens with one attached hydrogen (secondary N) is 1. The Morgan fingerprint density at radius 3 is 2.76 bits per heavy atom. The fourth-order valence-corrected chi connectivity index (χ4v) is 2.67. The molecule has 1 unspecified atom stereocenters. The van der Waals surface area contributed by atoms with Gasteiger partial charge >= 0.3 is 0 Å². The van der Waals surface area contributed by atoms with E-state index in [1.165, 1.54) is 0 Å². The fraction of sp³-hybridized carbons (Fsp3) is 0.250. The average molecular weight is 287 g/mol. The van der Waals surface area contributed by atoms with Crippen molar-refractivity contribution in [1.29, 1.82) is 0 Å². The predicted molar refractivity (Wildman–Crippen MR) is 74.1 cm³/mol. The summed E-state index contributed by atoms with van der Waals surface area (Å²) in [5.41, 5.74) is 1.08. The van der Waals surface area contributed by atoms with Crippen LogP contribution in [0.4, 0.5) is 0 Å². The molecule has 0 saturated carbocycles. The van der Waals surface area contributed by atoms with Gasteiger partial charge in [-0.25, -0.2) is 4.98 Å². The van der Waals surface area contributed by atoms with Gasteiger partial charge in [-0.1, -0.05) is 36.2 Å². The third-order valence-electron chi connectivity index (χ3n) is 2.38. The number of rotatable bonds is 4. The van der Waals surface area contributed by atoms with Crippen molar-refractivity contribution in [1.82, 2.24) is 10.3 Å². The summed E-state index contributed by atoms with van der Waals surface area (Å²) in [6.45, 7) is 2.93. The molecule has 1 aromatic carbocycles. The largest absolute Gasteiger partial charge is 0.305 e. The standard InChI is InChI=1S/C12H12Cl2N2S/c1-2-15-11(12-16-5-6-17-12)8-3-4-9(13)10(14)7-8/h3-7,11,15H,2H2,1H3. The Bertz CT molecular complexity index is 485. The molecular weight excluding hydrogens is 275 g/mol. The zero-order valence-corrected chi connectivity index (χ0v) is 11.6. The minimum absolute atomic E-state index is 0.0785. The summed E-state index contributed by atoms with van der Waals surface area (Å²) in [6, 6.07) is 5.76. The maximum Gasteiger partial charge on any atom is 0.114 e. The van der Waals surface area contributed by atoms with Gasteiger partial charge in [-0.05, 0) is 24.2 Å². The van der Waals surface area contributed by atoms with Crippen LogP contribution in [0.3, 0.4) is 0 Å². The number of hydrogen-bond acceptors (Lipinski definition) is 3. The summed E-state index contributed by atoms with van der Waals surface area (Å²) < 4.78 is 0. The summed E-state index contributed by atoms with van der Waals surface area (Å²) in [6.07, 6.45) is 1.81. The Morgan fingerprint density at radius 1 is 1.35 bits per heavy atom. The predicted octanol–water partition coefficient (Wildman–Crippen LogP) is 4.15. The molecule has 0 bridgehead atoms. The molecule has 0 fully saturated rings. The van der Waals surface area contributed by atoms with Gasteiger partial charge in [0.1, 0.15) is 5.01 Å². The highest BCUT2D eigenvalue weighted by molar-refractivity contribution is 7.09. The highest BCUT2D eigenvalue weighted by Gasteiger charge is 2.16. The zero-order chi connectivity index (χ0) is 12.3. The Labute approximate surface area is 115 Å². The van der Waals surface area contributed by atoms with Crippen LogP contribution < -0.4 is 5.32 Å². The normalized spacial score (nSPS) is 12.6. The van der Waals surface area contributed by atoms with Crippen LogP contribution in [0.5, 0.6) is 0 Å². The number of benzene rings is 1. The van der Waals surface area contributed by atoms with Gasteiger partial charge in [-0.3, -0.25) is 0 Å². The Morgan fingerprint density at radius 2 is 2.18 bits per heavy atom. The maximum absolute atomic E-state index is 6.04. The highest BCUT2D eigenvalue weighted by Crippen LogP contribution is 2.29. The van der Waals surface area contributed by atoms with Gasteiger partial charge in [0.05, 0.1) is 16.1 Å². The van der Waals surface area contributed by atoms with Gasteiger partial charge in [0.25, 0.3) is 0 Å². The van der Waals surface area contributed by atoms with E-state index < -0.39 is 0 Å². The highest BCUT2D eigenvalue weighted by atomic mass is 35.5. The number of hydrogen-bond donors (Lipinski definition) is 1. The number of nitrogens with zero attached hydrogens (tertiary/aromatic N) is 1. The SMILES string of the molecule is CCNC(c1ccc(Cl)c(Cl)c1)c1nccs1. The lowest BCUT2D eigenvalue weighted by Gasteiger charge is -2.16. The molecule has 0 aliphatic rings. The molecule has 90 valence electrons. The van der Waals surface area contributed by atoms with Crippen LogP contribution in [0.2, 0.25) is 10.0 Å². The smallest absolute Gasteiger partial charge is 0.114 e. The second-order valence-electron chi connectivity index (χ2n) is 3.53.